The van der Waals surface area contributed by atoms with E-state index in [2.05, 4.69) is 5.32 Å². The van der Waals surface area contributed by atoms with Gasteiger partial charge >= 0.3 is 0 Å². The van der Waals surface area contributed by atoms with Crippen LogP contribution >= 0.6 is 0 Å². The zero-order chi connectivity index (χ0) is 11.0. The number of nitrogens with one attached hydrogen (secondary N) is 1. The molecule has 0 fully saturated rings. The van der Waals surface area contributed by atoms with E-state index in [1.54, 1.807) is 13.1 Å². The van der Waals surface area contributed by atoms with E-state index in [1.165, 1.54) is 12.1 Å². The number of hydrogen-bond acceptors (Lipinski definition) is 3. The Hall–Kier alpha value is -1.13. The third-order valence-corrected chi connectivity index (χ3v) is 2.94. The van der Waals surface area contributed by atoms with Crippen molar-refractivity contribution in [3.8, 4) is 0 Å². The molecule has 15 heavy (non-hydrogen) atoms. The molecule has 0 saturated heterocycles. The highest BCUT2D eigenvalue weighted by molar-refractivity contribution is 5.57. The fourth-order valence-corrected chi connectivity index (χ4v) is 2.07. The number of benzene rings is 1. The Balaban J connectivity index is 2.45. The van der Waals surface area contributed by atoms with E-state index in [1.807, 2.05) is 11.9 Å². The van der Waals surface area contributed by atoms with E-state index in [0.717, 1.165) is 12.2 Å². The molecule has 0 saturated carbocycles. The van der Waals surface area contributed by atoms with Crippen molar-refractivity contribution in [1.82, 2.24) is 5.32 Å². The molecule has 2 N–H and O–H groups in total. The Labute approximate surface area is 88.5 Å². The summed E-state index contributed by atoms with van der Waals surface area (Å²) in [4.78, 5) is 2.02. The van der Waals surface area contributed by atoms with Crippen LogP contribution in [0.4, 0.5) is 10.1 Å². The predicted octanol–water partition coefficient (Wildman–Crippen LogP) is 0.897. The van der Waals surface area contributed by atoms with E-state index in [4.69, 9.17) is 0 Å². The Morgan fingerprint density at radius 2 is 2.27 bits per heavy atom. The van der Waals surface area contributed by atoms with E-state index < -0.39 is 6.10 Å². The van der Waals surface area contributed by atoms with Gasteiger partial charge in [-0.1, -0.05) is 0 Å². The Kier molecular flexibility index (Phi) is 2.63. The maximum Gasteiger partial charge on any atom is 0.123 e. The molecule has 0 aliphatic carbocycles. The van der Waals surface area contributed by atoms with Gasteiger partial charge in [0.1, 0.15) is 5.82 Å². The molecule has 4 heteroatoms. The van der Waals surface area contributed by atoms with Crippen molar-refractivity contribution in [2.75, 3.05) is 25.5 Å². The highest BCUT2D eigenvalue weighted by Crippen LogP contribution is 2.33. The molecule has 0 bridgehead atoms. The number of hydrogen-bond donors (Lipinski definition) is 2. The van der Waals surface area contributed by atoms with Crippen molar-refractivity contribution in [2.24, 2.45) is 0 Å². The molecule has 1 aromatic rings. The van der Waals surface area contributed by atoms with Crippen LogP contribution in [0, 0.1) is 5.82 Å². The van der Waals surface area contributed by atoms with Crippen LogP contribution in [0.25, 0.3) is 0 Å². The molecule has 0 radical (unpaired) electrons. The Morgan fingerprint density at radius 3 is 2.93 bits per heavy atom. The number of anilines is 1. The fourth-order valence-electron chi connectivity index (χ4n) is 2.07. The lowest BCUT2D eigenvalue weighted by molar-refractivity contribution is 0.129. The van der Waals surface area contributed by atoms with Gasteiger partial charge in [-0.2, -0.15) is 0 Å². The molecule has 2 unspecified atom stereocenters. The van der Waals surface area contributed by atoms with Gasteiger partial charge in [-0.05, 0) is 25.2 Å². The molecule has 1 aliphatic heterocycles. The van der Waals surface area contributed by atoms with Gasteiger partial charge in [-0.15, -0.1) is 0 Å². The highest BCUT2D eigenvalue weighted by Gasteiger charge is 2.29. The Morgan fingerprint density at radius 1 is 1.53 bits per heavy atom. The number of aliphatic hydroxyl groups excluding tert-OH is 1. The molecule has 1 aromatic carbocycles. The highest BCUT2D eigenvalue weighted by atomic mass is 19.1. The minimum Gasteiger partial charge on any atom is -0.387 e. The topological polar surface area (TPSA) is 35.5 Å². The average molecular weight is 210 g/mol. The van der Waals surface area contributed by atoms with E-state index in [-0.39, 0.29) is 11.9 Å². The van der Waals surface area contributed by atoms with Gasteiger partial charge in [0.15, 0.2) is 0 Å². The molecule has 3 nitrogen and oxygen atoms in total. The number of rotatable bonds is 1. The summed E-state index contributed by atoms with van der Waals surface area (Å²) in [7, 11) is 3.74. The van der Waals surface area contributed by atoms with Crippen molar-refractivity contribution in [2.45, 2.75) is 12.1 Å². The summed E-state index contributed by atoms with van der Waals surface area (Å²) in [5.41, 5.74) is 1.55. The predicted molar refractivity (Wildman–Crippen MR) is 57.5 cm³/mol. The largest absolute Gasteiger partial charge is 0.387 e. The van der Waals surface area contributed by atoms with Gasteiger partial charge in [0, 0.05) is 24.8 Å². The summed E-state index contributed by atoms with van der Waals surface area (Å²) in [6.45, 7) is 0.719. The van der Waals surface area contributed by atoms with Crippen LogP contribution in [-0.4, -0.2) is 31.8 Å². The second kappa shape index (κ2) is 3.79. The van der Waals surface area contributed by atoms with Crippen molar-refractivity contribution in [3.05, 3.63) is 29.6 Å². The first-order valence-corrected chi connectivity index (χ1v) is 4.99. The number of halogens is 1. The molecule has 0 spiro atoms. The van der Waals surface area contributed by atoms with E-state index >= 15 is 0 Å². The molecule has 82 valence electrons. The second-order valence-electron chi connectivity index (χ2n) is 3.92. The van der Waals surface area contributed by atoms with Crippen molar-refractivity contribution < 1.29 is 9.50 Å². The maximum atomic E-state index is 13.1. The number of nitrogens with zero attached hydrogens (tertiary/aromatic N) is 1. The summed E-state index contributed by atoms with van der Waals surface area (Å²) < 4.78 is 13.1. The van der Waals surface area contributed by atoms with Gasteiger partial charge in [0.05, 0.1) is 12.1 Å². The Bertz CT molecular complexity index is 370. The van der Waals surface area contributed by atoms with Crippen molar-refractivity contribution >= 4 is 5.69 Å². The van der Waals surface area contributed by atoms with Crippen LogP contribution in [0.1, 0.15) is 11.7 Å². The lowest BCUT2D eigenvalue weighted by Gasteiger charge is -2.36. The first-order valence-electron chi connectivity index (χ1n) is 4.99. The van der Waals surface area contributed by atoms with Crippen LogP contribution in [0.2, 0.25) is 0 Å². The zero-order valence-electron chi connectivity index (χ0n) is 8.87. The van der Waals surface area contributed by atoms with Crippen molar-refractivity contribution in [1.29, 1.82) is 0 Å². The summed E-state index contributed by atoms with van der Waals surface area (Å²) in [5, 5.41) is 13.0. The normalized spacial score (nSPS) is 25.2. The van der Waals surface area contributed by atoms with E-state index in [9.17, 15) is 9.50 Å². The van der Waals surface area contributed by atoms with Gasteiger partial charge in [-0.25, -0.2) is 4.39 Å². The zero-order valence-corrected chi connectivity index (χ0v) is 8.87. The summed E-state index contributed by atoms with van der Waals surface area (Å²) >= 11 is 0. The summed E-state index contributed by atoms with van der Waals surface area (Å²) in [5.74, 6) is -0.307. The molecular formula is C11H15FN2O. The average Bonchev–Trinajstić information content (AvgIpc) is 2.23. The smallest absolute Gasteiger partial charge is 0.123 e. The third kappa shape index (κ3) is 1.70. The molecule has 0 aromatic heterocycles. The molecular weight excluding hydrogens is 195 g/mol. The number of likely N-dealkylation sites (N-methyl/N-ethyl adjacent to an activating group) is 2. The standard InChI is InChI=1S/C11H15FN2O/c1-13-9-6-14(2)10-4-3-7(12)5-8(10)11(9)15/h3-5,9,11,13,15H,6H2,1-2H3. The van der Waals surface area contributed by atoms with Gasteiger partial charge in [-0.3, -0.25) is 0 Å². The summed E-state index contributed by atoms with van der Waals surface area (Å²) in [6.07, 6.45) is -0.642. The first-order chi connectivity index (χ1) is 7.13. The van der Waals surface area contributed by atoms with Crippen LogP contribution < -0.4 is 10.2 Å². The van der Waals surface area contributed by atoms with Gasteiger partial charge < -0.3 is 15.3 Å². The second-order valence-corrected chi connectivity index (χ2v) is 3.92. The molecule has 2 atom stereocenters. The van der Waals surface area contributed by atoms with Crippen LogP contribution in [0.15, 0.2) is 18.2 Å². The third-order valence-electron chi connectivity index (χ3n) is 2.94. The van der Waals surface area contributed by atoms with Gasteiger partial charge in [0.25, 0.3) is 0 Å². The van der Waals surface area contributed by atoms with Gasteiger partial charge in [0.2, 0.25) is 0 Å². The minimum atomic E-state index is -0.642. The SMILES string of the molecule is CNC1CN(C)c2ccc(F)cc2C1O. The number of fused-ring (bicyclic) bond motifs is 1. The maximum absolute atomic E-state index is 13.1. The van der Waals surface area contributed by atoms with Crippen molar-refractivity contribution in [3.63, 3.8) is 0 Å². The monoisotopic (exact) mass is 210 g/mol. The fraction of sp³-hybridized carbons (Fsp3) is 0.455. The lowest BCUT2D eigenvalue weighted by Crippen LogP contribution is -2.46. The summed E-state index contributed by atoms with van der Waals surface area (Å²) in [6, 6.07) is 4.48. The molecule has 1 aliphatic rings. The first kappa shape index (κ1) is 10.4. The van der Waals surface area contributed by atoms with Crippen LogP contribution in [0.5, 0.6) is 0 Å². The lowest BCUT2D eigenvalue weighted by atomic mass is 9.95. The number of aliphatic hydroxyl groups is 1. The molecule has 1 heterocycles. The van der Waals surface area contributed by atoms with Crippen LogP contribution in [0.3, 0.4) is 0 Å². The minimum absolute atomic E-state index is 0.0516. The van der Waals surface area contributed by atoms with E-state index in [0.29, 0.717) is 5.56 Å². The molecule has 2 rings (SSSR count). The molecule has 0 amide bonds. The van der Waals surface area contributed by atoms with Crippen LogP contribution in [-0.2, 0) is 0 Å². The quantitative estimate of drug-likeness (QED) is 0.723.